The number of hydrogen-bond acceptors (Lipinski definition) is 3. The van der Waals surface area contributed by atoms with Crippen molar-refractivity contribution in [3.63, 3.8) is 0 Å². The fourth-order valence-corrected chi connectivity index (χ4v) is 3.43. The van der Waals surface area contributed by atoms with Gasteiger partial charge in [-0.2, -0.15) is 0 Å². The fourth-order valence-electron chi connectivity index (χ4n) is 3.43. The Hall–Kier alpha value is -3.41. The Labute approximate surface area is 144 Å². The predicted molar refractivity (Wildman–Crippen MR) is 93.9 cm³/mol. The van der Waals surface area contributed by atoms with Gasteiger partial charge in [0.2, 0.25) is 5.91 Å². The van der Waals surface area contributed by atoms with Crippen molar-refractivity contribution >= 4 is 17.3 Å². The van der Waals surface area contributed by atoms with Crippen LogP contribution in [0.2, 0.25) is 0 Å². The third-order valence-electron chi connectivity index (χ3n) is 4.48. The number of fused-ring (bicyclic) bond motifs is 3. The number of rotatable bonds is 2. The molecule has 0 spiro atoms. The van der Waals surface area contributed by atoms with Crippen molar-refractivity contribution < 1.29 is 9.72 Å². The Morgan fingerprint density at radius 1 is 1.00 bits per heavy atom. The molecule has 0 saturated heterocycles. The van der Waals surface area contributed by atoms with Crippen LogP contribution in [-0.2, 0) is 4.79 Å². The summed E-state index contributed by atoms with van der Waals surface area (Å²) in [4.78, 5) is 24.7. The summed E-state index contributed by atoms with van der Waals surface area (Å²) in [5.41, 5.74) is 3.57. The number of nitrogens with zero attached hydrogens (tertiary/aromatic N) is 3. The molecule has 0 bridgehead atoms. The van der Waals surface area contributed by atoms with Crippen molar-refractivity contribution in [2.45, 2.75) is 13.0 Å². The van der Waals surface area contributed by atoms with Crippen LogP contribution in [0.15, 0.2) is 66.9 Å². The molecule has 6 heteroatoms. The van der Waals surface area contributed by atoms with Gasteiger partial charge in [-0.3, -0.25) is 19.8 Å². The number of non-ortho nitro benzene ring substituents is 1. The zero-order chi connectivity index (χ0) is 17.6. The second kappa shape index (κ2) is 5.59. The summed E-state index contributed by atoms with van der Waals surface area (Å²) in [5.74, 6) is -0.0803. The first-order valence-electron chi connectivity index (χ1n) is 7.89. The molecule has 0 saturated carbocycles. The Morgan fingerprint density at radius 3 is 2.32 bits per heavy atom. The first-order chi connectivity index (χ1) is 12.1. The van der Waals surface area contributed by atoms with Gasteiger partial charge in [-0.25, -0.2) is 0 Å². The summed E-state index contributed by atoms with van der Waals surface area (Å²) in [6.07, 6.45) is 1.96. The van der Waals surface area contributed by atoms with E-state index in [1.807, 2.05) is 42.6 Å². The van der Waals surface area contributed by atoms with E-state index in [2.05, 4.69) is 4.57 Å². The zero-order valence-corrected chi connectivity index (χ0v) is 13.5. The third kappa shape index (κ3) is 2.30. The van der Waals surface area contributed by atoms with Crippen LogP contribution < -0.4 is 4.90 Å². The van der Waals surface area contributed by atoms with Gasteiger partial charge in [-0.15, -0.1) is 0 Å². The van der Waals surface area contributed by atoms with Gasteiger partial charge in [-0.05, 0) is 42.0 Å². The van der Waals surface area contributed by atoms with Crippen molar-refractivity contribution in [3.05, 3.63) is 88.2 Å². The number of carbonyl (C=O) groups excluding carboxylic acids is 1. The molecule has 25 heavy (non-hydrogen) atoms. The number of anilines is 1. The van der Waals surface area contributed by atoms with Gasteiger partial charge in [0.25, 0.3) is 5.69 Å². The molecule has 1 atom stereocenters. The molecule has 2 aromatic carbocycles. The highest BCUT2D eigenvalue weighted by molar-refractivity contribution is 5.96. The summed E-state index contributed by atoms with van der Waals surface area (Å²) in [5, 5.41) is 10.9. The summed E-state index contributed by atoms with van der Waals surface area (Å²) in [6, 6.07) is 17.7. The standard InChI is InChI=1S/C19H15N3O3/c1-13(23)21-17-6-3-2-5-16(17)20-12-4-7-18(20)19(21)14-8-10-15(11-9-14)22(24)25/h2-12,19H,1H3/t19-/m0/s1. The van der Waals surface area contributed by atoms with Crippen LogP contribution in [0.3, 0.4) is 0 Å². The molecule has 3 aromatic rings. The van der Waals surface area contributed by atoms with Crippen LogP contribution in [0.1, 0.15) is 24.2 Å². The largest absolute Gasteiger partial charge is 0.316 e. The van der Waals surface area contributed by atoms with E-state index < -0.39 is 4.92 Å². The van der Waals surface area contributed by atoms with Gasteiger partial charge in [-0.1, -0.05) is 12.1 Å². The number of para-hydroxylation sites is 2. The van der Waals surface area contributed by atoms with Crippen molar-refractivity contribution in [3.8, 4) is 5.69 Å². The van der Waals surface area contributed by atoms with E-state index in [1.54, 1.807) is 17.0 Å². The molecule has 0 unspecified atom stereocenters. The predicted octanol–water partition coefficient (Wildman–Crippen LogP) is 3.84. The Balaban J connectivity index is 1.92. The highest BCUT2D eigenvalue weighted by atomic mass is 16.6. The summed E-state index contributed by atoms with van der Waals surface area (Å²) in [6.45, 7) is 1.54. The molecule has 1 amide bonds. The van der Waals surface area contributed by atoms with E-state index >= 15 is 0 Å². The molecule has 0 aliphatic carbocycles. The van der Waals surface area contributed by atoms with Gasteiger partial charge in [0.1, 0.15) is 6.04 Å². The number of nitro benzene ring substituents is 1. The van der Waals surface area contributed by atoms with Crippen LogP contribution in [0.4, 0.5) is 11.4 Å². The highest BCUT2D eigenvalue weighted by Gasteiger charge is 2.34. The van der Waals surface area contributed by atoms with Crippen molar-refractivity contribution in [1.29, 1.82) is 0 Å². The highest BCUT2D eigenvalue weighted by Crippen LogP contribution is 2.42. The molecule has 0 N–H and O–H groups in total. The maximum atomic E-state index is 12.5. The SMILES string of the molecule is CC(=O)N1c2ccccc2-n2cccc2[C@@H]1c1ccc([N+](=O)[O-])cc1. The van der Waals surface area contributed by atoms with Crippen LogP contribution >= 0.6 is 0 Å². The van der Waals surface area contributed by atoms with Crippen LogP contribution in [0.5, 0.6) is 0 Å². The van der Waals surface area contributed by atoms with Gasteiger partial charge in [0, 0.05) is 25.3 Å². The molecule has 0 radical (unpaired) electrons. The van der Waals surface area contributed by atoms with Crippen LogP contribution in [0, 0.1) is 10.1 Å². The first kappa shape index (κ1) is 15.1. The quantitative estimate of drug-likeness (QED) is 0.528. The van der Waals surface area contributed by atoms with Crippen molar-refractivity contribution in [2.24, 2.45) is 0 Å². The Morgan fingerprint density at radius 2 is 1.68 bits per heavy atom. The molecule has 1 aromatic heterocycles. The lowest BCUT2D eigenvalue weighted by molar-refractivity contribution is -0.384. The first-order valence-corrected chi connectivity index (χ1v) is 7.89. The molecule has 1 aliphatic rings. The lowest BCUT2D eigenvalue weighted by Gasteiger charge is -2.38. The normalized spacial score (nSPS) is 15.4. The average Bonchev–Trinajstić information content (AvgIpc) is 3.10. The fraction of sp³-hybridized carbons (Fsp3) is 0.105. The van der Waals surface area contributed by atoms with E-state index in [0.29, 0.717) is 0 Å². The Bertz CT molecular complexity index is 976. The number of benzene rings is 2. The molecule has 6 nitrogen and oxygen atoms in total. The topological polar surface area (TPSA) is 68.4 Å². The molecule has 4 rings (SSSR count). The molecule has 1 aliphatic heterocycles. The minimum atomic E-state index is -0.425. The van der Waals surface area contributed by atoms with Crippen LogP contribution in [0.25, 0.3) is 5.69 Å². The van der Waals surface area contributed by atoms with Crippen molar-refractivity contribution in [1.82, 2.24) is 4.57 Å². The summed E-state index contributed by atoms with van der Waals surface area (Å²) >= 11 is 0. The van der Waals surface area contributed by atoms with Gasteiger partial charge in [0.05, 0.1) is 22.0 Å². The minimum Gasteiger partial charge on any atom is -0.316 e. The molecular formula is C19H15N3O3. The second-order valence-corrected chi connectivity index (χ2v) is 5.93. The van der Waals surface area contributed by atoms with E-state index in [9.17, 15) is 14.9 Å². The number of carbonyl (C=O) groups is 1. The lowest BCUT2D eigenvalue weighted by Crippen LogP contribution is -2.38. The number of hydrogen-bond donors (Lipinski definition) is 0. The Kier molecular flexibility index (Phi) is 3.39. The van der Waals surface area contributed by atoms with Crippen molar-refractivity contribution in [2.75, 3.05) is 4.90 Å². The molecule has 2 heterocycles. The second-order valence-electron chi connectivity index (χ2n) is 5.93. The maximum absolute atomic E-state index is 12.5. The lowest BCUT2D eigenvalue weighted by atomic mass is 9.97. The number of aromatic nitrogens is 1. The minimum absolute atomic E-state index is 0.0321. The van der Waals surface area contributed by atoms with Gasteiger partial charge in [0.15, 0.2) is 0 Å². The zero-order valence-electron chi connectivity index (χ0n) is 13.5. The molecule has 0 fully saturated rings. The van der Waals surface area contributed by atoms with Crippen LogP contribution in [-0.4, -0.2) is 15.4 Å². The van der Waals surface area contributed by atoms with E-state index in [-0.39, 0.29) is 17.6 Å². The van der Waals surface area contributed by atoms with E-state index in [4.69, 9.17) is 0 Å². The average molecular weight is 333 g/mol. The van der Waals surface area contributed by atoms with E-state index in [0.717, 1.165) is 22.6 Å². The summed E-state index contributed by atoms with van der Waals surface area (Å²) < 4.78 is 2.06. The smallest absolute Gasteiger partial charge is 0.269 e. The maximum Gasteiger partial charge on any atom is 0.269 e. The third-order valence-corrected chi connectivity index (χ3v) is 4.48. The summed E-state index contributed by atoms with van der Waals surface area (Å²) in [7, 11) is 0. The van der Waals surface area contributed by atoms with Gasteiger partial charge < -0.3 is 4.57 Å². The van der Waals surface area contributed by atoms with E-state index in [1.165, 1.54) is 19.1 Å². The number of nitro groups is 1. The monoisotopic (exact) mass is 333 g/mol. The number of amides is 1. The molecular weight excluding hydrogens is 318 g/mol. The van der Waals surface area contributed by atoms with Gasteiger partial charge >= 0.3 is 0 Å². The molecule has 124 valence electrons.